The summed E-state index contributed by atoms with van der Waals surface area (Å²) in [6.07, 6.45) is 2.13. The van der Waals surface area contributed by atoms with Gasteiger partial charge in [0.2, 0.25) is 5.91 Å². The van der Waals surface area contributed by atoms with Crippen molar-refractivity contribution >= 4 is 39.9 Å². The fourth-order valence-corrected chi connectivity index (χ4v) is 4.96. The van der Waals surface area contributed by atoms with Gasteiger partial charge in [-0.2, -0.15) is 0 Å². The molecule has 2 heterocycles. The second-order valence-corrected chi connectivity index (χ2v) is 9.08. The summed E-state index contributed by atoms with van der Waals surface area (Å²) in [6, 6.07) is 22.3. The lowest BCUT2D eigenvalue weighted by molar-refractivity contribution is -0.120. The van der Waals surface area contributed by atoms with Crippen LogP contribution in [0.4, 0.5) is 0 Å². The fraction of sp³-hybridized carbons (Fsp3) is 0.174. The van der Waals surface area contributed by atoms with Gasteiger partial charge in [-0.1, -0.05) is 66.4 Å². The van der Waals surface area contributed by atoms with Crippen LogP contribution >= 0.6 is 23.1 Å². The van der Waals surface area contributed by atoms with E-state index in [2.05, 4.69) is 5.32 Å². The molecule has 1 saturated carbocycles. The van der Waals surface area contributed by atoms with E-state index in [0.29, 0.717) is 11.9 Å². The van der Waals surface area contributed by atoms with Crippen molar-refractivity contribution in [3.05, 3.63) is 77.7 Å². The topological polar surface area (TPSA) is 54.9 Å². The van der Waals surface area contributed by atoms with Crippen LogP contribution < -0.4 is 5.32 Å². The van der Waals surface area contributed by atoms with Crippen molar-refractivity contribution in [2.45, 2.75) is 29.2 Å². The number of thiophene rings is 1. The molecule has 2 aromatic heterocycles. The Morgan fingerprint density at radius 2 is 1.79 bits per heavy atom. The third kappa shape index (κ3) is 4.04. The molecule has 1 aliphatic carbocycles. The van der Waals surface area contributed by atoms with Gasteiger partial charge in [-0.05, 0) is 35.9 Å². The smallest absolute Gasteiger partial charge is 0.238 e. The maximum Gasteiger partial charge on any atom is 0.238 e. The number of aromatic nitrogens is 2. The Kier molecular flexibility index (Phi) is 5.04. The molecule has 1 aliphatic rings. The van der Waals surface area contributed by atoms with Crippen LogP contribution in [0.3, 0.4) is 0 Å². The summed E-state index contributed by atoms with van der Waals surface area (Å²) >= 11 is 3.12. The van der Waals surface area contributed by atoms with Gasteiger partial charge in [0.05, 0.1) is 10.4 Å². The standard InChI is InChI=1S/C23H19N3OS2/c27-22(24-16-12-13-16)20(15-7-2-1-3-8-15)29-23-17-9-4-5-10-18(17)25-21(26-23)19-11-6-14-28-19/h1-11,14,16,20H,12-13H2,(H,24,27). The number of benzene rings is 2. The first-order valence-electron chi connectivity index (χ1n) is 9.60. The van der Waals surface area contributed by atoms with E-state index >= 15 is 0 Å². The summed E-state index contributed by atoms with van der Waals surface area (Å²) < 4.78 is 0. The number of nitrogens with zero attached hydrogens (tertiary/aromatic N) is 2. The second kappa shape index (κ2) is 7.97. The molecule has 1 unspecified atom stereocenters. The van der Waals surface area contributed by atoms with E-state index in [0.717, 1.165) is 39.2 Å². The van der Waals surface area contributed by atoms with E-state index in [9.17, 15) is 4.79 Å². The SMILES string of the molecule is O=C(NC1CC1)C(Sc1nc(-c2cccs2)nc2ccccc12)c1ccccc1. The number of rotatable bonds is 6. The average Bonchev–Trinajstić information content (AvgIpc) is 3.40. The molecule has 0 radical (unpaired) electrons. The Balaban J connectivity index is 1.58. The van der Waals surface area contributed by atoms with Gasteiger partial charge in [-0.3, -0.25) is 4.79 Å². The molecule has 4 nitrogen and oxygen atoms in total. The zero-order valence-corrected chi connectivity index (χ0v) is 17.2. The van der Waals surface area contributed by atoms with E-state index in [1.807, 2.05) is 72.1 Å². The molecule has 144 valence electrons. The highest BCUT2D eigenvalue weighted by Gasteiger charge is 2.30. The molecular weight excluding hydrogens is 398 g/mol. The Labute approximate surface area is 177 Å². The van der Waals surface area contributed by atoms with Gasteiger partial charge in [0.25, 0.3) is 0 Å². The summed E-state index contributed by atoms with van der Waals surface area (Å²) in [5.41, 5.74) is 1.87. The predicted octanol–water partition coefficient (Wildman–Crippen LogP) is 5.47. The van der Waals surface area contributed by atoms with Gasteiger partial charge in [0.1, 0.15) is 10.3 Å². The average molecular weight is 418 g/mol. The number of thioether (sulfide) groups is 1. The maximum atomic E-state index is 13.1. The molecule has 5 rings (SSSR count). The van der Waals surface area contributed by atoms with E-state index in [1.165, 1.54) is 11.8 Å². The predicted molar refractivity (Wildman–Crippen MR) is 119 cm³/mol. The Hall–Kier alpha value is -2.70. The van der Waals surface area contributed by atoms with Crippen LogP contribution in [0.1, 0.15) is 23.7 Å². The van der Waals surface area contributed by atoms with E-state index in [-0.39, 0.29) is 11.2 Å². The maximum absolute atomic E-state index is 13.1. The van der Waals surface area contributed by atoms with Gasteiger partial charge >= 0.3 is 0 Å². The quantitative estimate of drug-likeness (QED) is 0.334. The third-order valence-corrected chi connectivity index (χ3v) is 6.93. The van der Waals surface area contributed by atoms with Crippen molar-refractivity contribution in [2.24, 2.45) is 0 Å². The molecule has 0 aliphatic heterocycles. The number of fused-ring (bicyclic) bond motifs is 1. The monoisotopic (exact) mass is 417 g/mol. The lowest BCUT2D eigenvalue weighted by Gasteiger charge is -2.17. The Morgan fingerprint density at radius 3 is 2.55 bits per heavy atom. The minimum atomic E-state index is -0.355. The molecule has 0 spiro atoms. The van der Waals surface area contributed by atoms with Crippen molar-refractivity contribution < 1.29 is 4.79 Å². The van der Waals surface area contributed by atoms with Crippen LogP contribution in [0.25, 0.3) is 21.6 Å². The lowest BCUT2D eigenvalue weighted by atomic mass is 10.1. The van der Waals surface area contributed by atoms with E-state index in [1.54, 1.807) is 11.3 Å². The Morgan fingerprint density at radius 1 is 1.00 bits per heavy atom. The second-order valence-electron chi connectivity index (χ2n) is 7.04. The number of para-hydroxylation sites is 1. The zero-order valence-electron chi connectivity index (χ0n) is 15.6. The first-order chi connectivity index (χ1) is 14.3. The molecule has 1 fully saturated rings. The lowest BCUT2D eigenvalue weighted by Crippen LogP contribution is -2.29. The number of carbonyl (C=O) groups is 1. The molecule has 0 bridgehead atoms. The van der Waals surface area contributed by atoms with Crippen LogP contribution in [-0.2, 0) is 4.79 Å². The summed E-state index contributed by atoms with van der Waals surface area (Å²) in [7, 11) is 0. The van der Waals surface area contributed by atoms with Gasteiger partial charge in [0.15, 0.2) is 5.82 Å². The summed E-state index contributed by atoms with van der Waals surface area (Å²) in [5, 5.41) is 6.63. The number of carbonyl (C=O) groups excluding carboxylic acids is 1. The van der Waals surface area contributed by atoms with Crippen molar-refractivity contribution in [1.29, 1.82) is 0 Å². The minimum Gasteiger partial charge on any atom is -0.352 e. The summed E-state index contributed by atoms with van der Waals surface area (Å²) in [4.78, 5) is 23.7. The molecule has 0 saturated heterocycles. The number of hydrogen-bond donors (Lipinski definition) is 1. The van der Waals surface area contributed by atoms with Crippen molar-refractivity contribution in [3.63, 3.8) is 0 Å². The zero-order chi connectivity index (χ0) is 19.6. The summed E-state index contributed by atoms with van der Waals surface area (Å²) in [6.45, 7) is 0. The van der Waals surface area contributed by atoms with Gasteiger partial charge in [-0.25, -0.2) is 9.97 Å². The highest BCUT2D eigenvalue weighted by molar-refractivity contribution is 8.00. The van der Waals surface area contributed by atoms with Crippen LogP contribution in [-0.4, -0.2) is 21.9 Å². The number of nitrogens with one attached hydrogen (secondary N) is 1. The largest absolute Gasteiger partial charge is 0.352 e. The van der Waals surface area contributed by atoms with Crippen LogP contribution in [0.2, 0.25) is 0 Å². The molecule has 1 atom stereocenters. The Bertz CT molecular complexity index is 1140. The van der Waals surface area contributed by atoms with E-state index < -0.39 is 0 Å². The molecule has 4 aromatic rings. The van der Waals surface area contributed by atoms with Crippen LogP contribution in [0.15, 0.2) is 77.1 Å². The number of hydrogen-bond acceptors (Lipinski definition) is 5. The molecule has 29 heavy (non-hydrogen) atoms. The molecule has 2 aromatic carbocycles. The van der Waals surface area contributed by atoms with Crippen LogP contribution in [0, 0.1) is 0 Å². The number of amides is 1. The third-order valence-electron chi connectivity index (χ3n) is 4.80. The highest BCUT2D eigenvalue weighted by Crippen LogP contribution is 2.39. The van der Waals surface area contributed by atoms with Crippen molar-refractivity contribution in [3.8, 4) is 10.7 Å². The first-order valence-corrected chi connectivity index (χ1v) is 11.4. The molecule has 6 heteroatoms. The summed E-state index contributed by atoms with van der Waals surface area (Å²) in [5.74, 6) is 0.750. The highest BCUT2D eigenvalue weighted by atomic mass is 32.2. The van der Waals surface area contributed by atoms with Gasteiger partial charge < -0.3 is 5.32 Å². The van der Waals surface area contributed by atoms with Crippen molar-refractivity contribution in [2.75, 3.05) is 0 Å². The molecular formula is C23H19N3OS2. The van der Waals surface area contributed by atoms with Gasteiger partial charge in [0, 0.05) is 11.4 Å². The van der Waals surface area contributed by atoms with Gasteiger partial charge in [-0.15, -0.1) is 11.3 Å². The van der Waals surface area contributed by atoms with E-state index in [4.69, 9.17) is 9.97 Å². The molecule has 1 amide bonds. The normalized spacial score (nSPS) is 14.6. The molecule has 1 N–H and O–H groups in total. The first kappa shape index (κ1) is 18.3. The minimum absolute atomic E-state index is 0.0454. The van der Waals surface area contributed by atoms with Crippen LogP contribution in [0.5, 0.6) is 0 Å². The fourth-order valence-electron chi connectivity index (χ4n) is 3.17. The van der Waals surface area contributed by atoms with Crippen molar-refractivity contribution in [1.82, 2.24) is 15.3 Å².